The lowest BCUT2D eigenvalue weighted by atomic mass is 9.86. The summed E-state index contributed by atoms with van der Waals surface area (Å²) in [5.74, 6) is 1.16. The fraction of sp³-hybridized carbons (Fsp3) is 0.545. The minimum Gasteiger partial charge on any atom is -0.479 e. The second kappa shape index (κ2) is 12.7. The van der Waals surface area contributed by atoms with E-state index < -0.39 is 5.91 Å². The molecule has 0 spiro atoms. The number of aromatic nitrogens is 2. The van der Waals surface area contributed by atoms with Gasteiger partial charge in [0.25, 0.3) is 5.91 Å². The molecule has 238 valence electrons. The van der Waals surface area contributed by atoms with E-state index in [9.17, 15) is 4.79 Å². The third kappa shape index (κ3) is 6.85. The molecule has 2 N–H and O–H groups in total. The van der Waals surface area contributed by atoms with Gasteiger partial charge in [0.05, 0.1) is 25.4 Å². The van der Waals surface area contributed by atoms with E-state index in [0.29, 0.717) is 24.7 Å². The monoisotopic (exact) mass is 606 g/mol. The van der Waals surface area contributed by atoms with E-state index in [2.05, 4.69) is 84.2 Å². The van der Waals surface area contributed by atoms with Gasteiger partial charge in [0.2, 0.25) is 17.7 Å². The van der Waals surface area contributed by atoms with Crippen LogP contribution in [0.1, 0.15) is 72.7 Å². The summed E-state index contributed by atoms with van der Waals surface area (Å²) in [5.41, 5.74) is 4.18. The van der Waals surface area contributed by atoms with E-state index in [1.807, 2.05) is 6.07 Å². The zero-order chi connectivity index (χ0) is 31.6. The highest BCUT2D eigenvalue weighted by atomic mass is 16.5. The van der Waals surface area contributed by atoms with Gasteiger partial charge in [0, 0.05) is 39.1 Å². The molecule has 5 rings (SSSR count). The van der Waals surface area contributed by atoms with Gasteiger partial charge in [-0.1, -0.05) is 12.1 Å². The minimum atomic E-state index is -0.453. The van der Waals surface area contributed by atoms with Gasteiger partial charge in [0.15, 0.2) is 11.4 Å². The number of piperazine rings is 1. The lowest BCUT2D eigenvalue weighted by Crippen LogP contribution is -2.44. The van der Waals surface area contributed by atoms with Crippen molar-refractivity contribution in [3.63, 3.8) is 0 Å². The molecular weight excluding hydrogens is 560 g/mol. The molecule has 44 heavy (non-hydrogen) atoms. The van der Waals surface area contributed by atoms with Crippen molar-refractivity contribution in [2.45, 2.75) is 58.7 Å². The number of hydrogen-bond donors (Lipinski definition) is 2. The predicted molar refractivity (Wildman–Crippen MR) is 170 cm³/mol. The number of nitrogens with one attached hydrogen (secondary N) is 2. The van der Waals surface area contributed by atoms with Crippen LogP contribution in [0.15, 0.2) is 28.7 Å². The van der Waals surface area contributed by atoms with Crippen molar-refractivity contribution >= 4 is 17.5 Å². The predicted octanol–water partition coefficient (Wildman–Crippen LogP) is 4.79. The molecule has 0 unspecified atom stereocenters. The largest absolute Gasteiger partial charge is 0.479 e. The summed E-state index contributed by atoms with van der Waals surface area (Å²) in [7, 11) is 5.14. The molecule has 2 aliphatic rings. The van der Waals surface area contributed by atoms with Crippen molar-refractivity contribution in [3.05, 3.63) is 58.0 Å². The van der Waals surface area contributed by atoms with E-state index in [4.69, 9.17) is 18.6 Å². The molecule has 0 radical (unpaired) electrons. The smallest absolute Gasteiger partial charge is 0.291 e. The number of anilines is 2. The normalized spacial score (nSPS) is 17.7. The number of methoxy groups -OCH3 is 2. The van der Waals surface area contributed by atoms with Crippen LogP contribution in [-0.2, 0) is 22.4 Å². The van der Waals surface area contributed by atoms with Gasteiger partial charge in [0.1, 0.15) is 5.76 Å². The molecule has 0 atom stereocenters. The molecule has 1 aromatic carbocycles. The highest BCUT2D eigenvalue weighted by Gasteiger charge is 2.43. The van der Waals surface area contributed by atoms with Crippen molar-refractivity contribution < 1.29 is 23.4 Å². The number of rotatable bonds is 11. The number of benzene rings is 1. The van der Waals surface area contributed by atoms with Crippen molar-refractivity contribution in [1.29, 1.82) is 0 Å². The van der Waals surface area contributed by atoms with E-state index in [1.165, 1.54) is 25.3 Å². The van der Waals surface area contributed by atoms with Crippen LogP contribution in [0.25, 0.3) is 0 Å². The van der Waals surface area contributed by atoms with Crippen LogP contribution >= 0.6 is 0 Å². The number of furan rings is 1. The number of hydrogen-bond acceptors (Lipinski definition) is 10. The first-order valence-electron chi connectivity index (χ1n) is 15.3. The maximum Gasteiger partial charge on any atom is 0.291 e. The van der Waals surface area contributed by atoms with Crippen LogP contribution in [0.4, 0.5) is 11.6 Å². The molecule has 11 heteroatoms. The van der Waals surface area contributed by atoms with Crippen LogP contribution in [0, 0.1) is 6.92 Å². The molecular formula is C33H46N6O5. The maximum atomic E-state index is 13.2. The van der Waals surface area contributed by atoms with Gasteiger partial charge in [-0.25, -0.2) is 0 Å². The number of carbonyl (C=O) groups excluding carboxylic acids is 1. The second-order valence-electron chi connectivity index (χ2n) is 12.7. The Bertz CT molecular complexity index is 1470. The fourth-order valence-electron chi connectivity index (χ4n) is 6.12. The first-order chi connectivity index (χ1) is 20.9. The Morgan fingerprint density at radius 1 is 0.977 bits per heavy atom. The summed E-state index contributed by atoms with van der Waals surface area (Å²) in [4.78, 5) is 27.0. The Hall–Kier alpha value is -3.67. The number of fused-ring (bicyclic) bond motifs is 1. The standard InChI is InChI=1S/C33H46N6O5/c1-21-18-24-25(33(4,5)44-32(24,2)3)20-22(21)19-23-10-11-26(43-23)28(40)35-27-29(41-7)36-31(37-30(27)42-8)34-12-9-13-39-16-14-38(6)15-17-39/h10-11,18,20H,9,12-17,19H2,1-8H3,(H,35,40)(H,34,36,37). The van der Waals surface area contributed by atoms with Crippen LogP contribution in [0.2, 0.25) is 0 Å². The Morgan fingerprint density at radius 2 is 1.61 bits per heavy atom. The average molecular weight is 607 g/mol. The quantitative estimate of drug-likeness (QED) is 0.296. The third-order valence-corrected chi connectivity index (χ3v) is 8.53. The van der Waals surface area contributed by atoms with Crippen molar-refractivity contribution in [3.8, 4) is 11.8 Å². The Balaban J connectivity index is 1.23. The number of carbonyl (C=O) groups is 1. The Morgan fingerprint density at radius 3 is 2.25 bits per heavy atom. The SMILES string of the molecule is COc1nc(NCCCN2CCN(C)CC2)nc(OC)c1NC(=O)c1ccc(Cc2cc3c(cc2C)C(C)(C)OC3(C)C)o1. The summed E-state index contributed by atoms with van der Waals surface area (Å²) in [6, 6.07) is 7.91. The number of aryl methyl sites for hydroxylation is 1. The molecule has 11 nitrogen and oxygen atoms in total. The molecule has 2 aromatic heterocycles. The average Bonchev–Trinajstić information content (AvgIpc) is 3.51. The minimum absolute atomic E-state index is 0.166. The third-order valence-electron chi connectivity index (χ3n) is 8.53. The molecule has 1 saturated heterocycles. The first kappa shape index (κ1) is 31.7. The lowest BCUT2D eigenvalue weighted by molar-refractivity contribution is -0.105. The molecule has 4 heterocycles. The topological polar surface area (TPSA) is 114 Å². The van der Waals surface area contributed by atoms with E-state index >= 15 is 0 Å². The second-order valence-corrected chi connectivity index (χ2v) is 12.7. The van der Waals surface area contributed by atoms with Gasteiger partial charge >= 0.3 is 0 Å². The fourth-order valence-corrected chi connectivity index (χ4v) is 6.12. The number of ether oxygens (including phenoxy) is 3. The van der Waals surface area contributed by atoms with Crippen LogP contribution < -0.4 is 20.1 Å². The number of likely N-dealkylation sites (N-methyl/N-ethyl adjacent to an activating group) is 1. The first-order valence-corrected chi connectivity index (χ1v) is 15.3. The number of amides is 1. The van der Waals surface area contributed by atoms with Gasteiger partial charge in [-0.05, 0) is 89.0 Å². The van der Waals surface area contributed by atoms with E-state index in [0.717, 1.165) is 50.3 Å². The molecule has 0 aliphatic carbocycles. The molecule has 1 fully saturated rings. The van der Waals surface area contributed by atoms with Gasteiger partial charge in [-0.15, -0.1) is 0 Å². The van der Waals surface area contributed by atoms with Gasteiger partial charge < -0.3 is 39.1 Å². The molecule has 0 bridgehead atoms. The lowest BCUT2D eigenvalue weighted by Gasteiger charge is -2.32. The maximum absolute atomic E-state index is 13.2. The Labute approximate surface area is 260 Å². The van der Waals surface area contributed by atoms with Crippen LogP contribution in [0.5, 0.6) is 11.8 Å². The molecule has 3 aromatic rings. The summed E-state index contributed by atoms with van der Waals surface area (Å²) in [6.45, 7) is 16.6. The summed E-state index contributed by atoms with van der Waals surface area (Å²) >= 11 is 0. The zero-order valence-corrected chi connectivity index (χ0v) is 27.3. The van der Waals surface area contributed by atoms with Crippen molar-refractivity contribution in [2.75, 3.05) is 71.2 Å². The molecule has 0 saturated carbocycles. The number of nitrogens with zero attached hydrogens (tertiary/aromatic N) is 4. The van der Waals surface area contributed by atoms with Crippen molar-refractivity contribution in [1.82, 2.24) is 19.8 Å². The highest BCUT2D eigenvalue weighted by Crippen LogP contribution is 2.47. The van der Waals surface area contributed by atoms with Gasteiger partial charge in [-0.2, -0.15) is 9.97 Å². The van der Waals surface area contributed by atoms with Crippen LogP contribution in [0.3, 0.4) is 0 Å². The highest BCUT2D eigenvalue weighted by molar-refractivity contribution is 6.03. The summed E-state index contributed by atoms with van der Waals surface area (Å²) < 4.78 is 23.3. The zero-order valence-electron chi connectivity index (χ0n) is 27.3. The van der Waals surface area contributed by atoms with Crippen LogP contribution in [-0.4, -0.2) is 86.2 Å². The van der Waals surface area contributed by atoms with Crippen molar-refractivity contribution in [2.24, 2.45) is 0 Å². The molecule has 2 aliphatic heterocycles. The summed E-state index contributed by atoms with van der Waals surface area (Å²) in [5, 5.41) is 6.07. The summed E-state index contributed by atoms with van der Waals surface area (Å²) in [6.07, 6.45) is 1.50. The Kier molecular flexibility index (Phi) is 9.20. The van der Waals surface area contributed by atoms with Gasteiger partial charge in [-0.3, -0.25) is 4.79 Å². The van der Waals surface area contributed by atoms with E-state index in [1.54, 1.807) is 6.07 Å². The van der Waals surface area contributed by atoms with E-state index in [-0.39, 0.29) is 34.4 Å². The molecule has 1 amide bonds.